The van der Waals surface area contributed by atoms with Crippen molar-refractivity contribution < 1.29 is 19.1 Å². The summed E-state index contributed by atoms with van der Waals surface area (Å²) < 4.78 is 8.42. The van der Waals surface area contributed by atoms with E-state index in [0.29, 0.717) is 49.4 Å². The Morgan fingerprint density at radius 2 is 1.95 bits per heavy atom. The summed E-state index contributed by atoms with van der Waals surface area (Å²) in [5.74, 6) is 2.01. The summed E-state index contributed by atoms with van der Waals surface area (Å²) in [7, 11) is 0. The first-order valence-electron chi connectivity index (χ1n) is 15.1. The second-order valence-corrected chi connectivity index (χ2v) is 15.5. The van der Waals surface area contributed by atoms with Crippen molar-refractivity contribution in [1.29, 1.82) is 0 Å². The molecule has 4 aliphatic rings. The van der Waals surface area contributed by atoms with Gasteiger partial charge in [-0.05, 0) is 92.2 Å². The van der Waals surface area contributed by atoms with Crippen LogP contribution in [-0.2, 0) is 19.1 Å². The number of nitrogens with zero attached hydrogens (tertiary/aromatic N) is 1. The largest absolute Gasteiger partial charge is 0.450 e. The predicted molar refractivity (Wildman–Crippen MR) is 160 cm³/mol. The van der Waals surface area contributed by atoms with E-state index in [1.165, 1.54) is 17.3 Å². The number of ketones is 2. The Balaban J connectivity index is 1.31. The molecule has 7 heteroatoms. The van der Waals surface area contributed by atoms with E-state index in [9.17, 15) is 14.4 Å². The van der Waals surface area contributed by atoms with Crippen molar-refractivity contribution in [1.82, 2.24) is 4.98 Å². The van der Waals surface area contributed by atoms with Crippen LogP contribution < -0.4 is 0 Å². The number of allylic oxidation sites excluding steroid dienone is 1. The first-order valence-corrected chi connectivity index (χ1v) is 16.9. The van der Waals surface area contributed by atoms with E-state index in [4.69, 9.17) is 9.72 Å². The Kier molecular flexibility index (Phi) is 7.30. The SMILES string of the molecule is CCCC(=O)O[C@]1(C(=O)CSc2nc3ccccc3s2)CCC2C3CCC4=CC(=O)CCC4(C)C3C(C)CC21C. The van der Waals surface area contributed by atoms with E-state index < -0.39 is 11.0 Å². The maximum absolute atomic E-state index is 14.4. The van der Waals surface area contributed by atoms with Crippen LogP contribution in [0.5, 0.6) is 0 Å². The Bertz CT molecular complexity index is 1350. The van der Waals surface area contributed by atoms with Crippen LogP contribution in [0.3, 0.4) is 0 Å². The molecule has 0 aliphatic heterocycles. The number of para-hydroxylation sites is 1. The fourth-order valence-corrected chi connectivity index (χ4v) is 11.6. The van der Waals surface area contributed by atoms with E-state index in [0.717, 1.165) is 46.7 Å². The van der Waals surface area contributed by atoms with E-state index in [1.807, 2.05) is 31.2 Å². The molecular weight excluding hydrogens is 539 g/mol. The first kappa shape index (κ1) is 28.1. The van der Waals surface area contributed by atoms with E-state index in [-0.39, 0.29) is 28.7 Å². The summed E-state index contributed by atoms with van der Waals surface area (Å²) in [6.07, 6.45) is 8.97. The third-order valence-electron chi connectivity index (χ3n) is 11.1. The van der Waals surface area contributed by atoms with Crippen LogP contribution in [-0.4, -0.2) is 33.9 Å². The van der Waals surface area contributed by atoms with Gasteiger partial charge in [0.05, 0.1) is 16.0 Å². The Morgan fingerprint density at radius 3 is 2.73 bits per heavy atom. The summed E-state index contributed by atoms with van der Waals surface area (Å²) in [4.78, 5) is 44.5. The summed E-state index contributed by atoms with van der Waals surface area (Å²) in [6, 6.07) is 8.05. The average molecular weight is 580 g/mol. The molecule has 7 atom stereocenters. The zero-order valence-corrected chi connectivity index (χ0v) is 25.8. The number of Topliss-reactive ketones (excluding diaryl/α,β-unsaturated/α-hetero) is 1. The van der Waals surface area contributed by atoms with Crippen LogP contribution in [0.2, 0.25) is 0 Å². The minimum absolute atomic E-state index is 0.0442. The van der Waals surface area contributed by atoms with Crippen molar-refractivity contribution >= 4 is 50.9 Å². The lowest BCUT2D eigenvalue weighted by Crippen LogP contribution is -2.61. The molecule has 0 N–H and O–H groups in total. The second-order valence-electron chi connectivity index (χ2n) is 13.2. The number of aromatic nitrogens is 1. The minimum atomic E-state index is -1.09. The molecule has 3 fully saturated rings. The van der Waals surface area contributed by atoms with Gasteiger partial charge in [-0.3, -0.25) is 14.4 Å². The summed E-state index contributed by atoms with van der Waals surface area (Å²) in [5.41, 5.74) is 0.864. The fraction of sp³-hybridized carbons (Fsp3) is 0.636. The molecule has 3 saturated carbocycles. The zero-order chi connectivity index (χ0) is 28.3. The molecule has 2 aromatic rings. The summed E-state index contributed by atoms with van der Waals surface area (Å²) in [6.45, 7) is 8.98. The molecule has 0 saturated heterocycles. The highest BCUT2D eigenvalue weighted by Gasteiger charge is 2.69. The number of benzene rings is 1. The number of carbonyl (C=O) groups is 3. The maximum atomic E-state index is 14.4. The molecule has 0 radical (unpaired) electrons. The van der Waals surface area contributed by atoms with E-state index in [2.05, 4.69) is 26.8 Å². The number of esters is 1. The zero-order valence-electron chi connectivity index (χ0n) is 24.2. The molecule has 6 unspecified atom stereocenters. The van der Waals surface area contributed by atoms with Crippen molar-refractivity contribution in [3.63, 3.8) is 0 Å². The average Bonchev–Trinajstić information content (AvgIpc) is 3.46. The van der Waals surface area contributed by atoms with Gasteiger partial charge in [0, 0.05) is 18.3 Å². The van der Waals surface area contributed by atoms with Gasteiger partial charge >= 0.3 is 5.97 Å². The van der Waals surface area contributed by atoms with Crippen LogP contribution in [0.1, 0.15) is 85.5 Å². The van der Waals surface area contributed by atoms with Crippen LogP contribution in [0.4, 0.5) is 0 Å². The van der Waals surface area contributed by atoms with Gasteiger partial charge in [0.2, 0.25) is 0 Å². The van der Waals surface area contributed by atoms with Crippen LogP contribution in [0, 0.1) is 34.5 Å². The highest BCUT2D eigenvalue weighted by atomic mass is 32.2. The monoisotopic (exact) mass is 579 g/mol. The standard InChI is InChI=1S/C33H41NO4S2/c1-5-8-28(37)38-33(27(36)19-39-30-34-25-9-6-7-10-26(25)40-30)16-14-24-23-12-11-21-17-22(35)13-15-31(21,3)29(23)20(2)18-32(24,33)4/h6-7,9-10,17,20,23-24,29H,5,8,11-16,18-19H2,1-4H3/t20?,23?,24?,29?,31?,32?,33-/m0/s1. The molecular formula is C33H41NO4S2. The smallest absolute Gasteiger partial charge is 0.306 e. The number of thiazole rings is 1. The van der Waals surface area contributed by atoms with E-state index in [1.54, 1.807) is 11.3 Å². The van der Waals surface area contributed by atoms with Gasteiger partial charge in [0.25, 0.3) is 0 Å². The highest BCUT2D eigenvalue weighted by molar-refractivity contribution is 8.01. The molecule has 4 aliphatic carbocycles. The number of rotatable bonds is 7. The molecule has 40 heavy (non-hydrogen) atoms. The predicted octanol–water partition coefficient (Wildman–Crippen LogP) is 7.82. The Hall–Kier alpha value is -1.99. The second kappa shape index (κ2) is 10.4. The Morgan fingerprint density at radius 1 is 1.15 bits per heavy atom. The van der Waals surface area contributed by atoms with Crippen LogP contribution >= 0.6 is 23.1 Å². The maximum Gasteiger partial charge on any atom is 0.306 e. The first-order chi connectivity index (χ1) is 19.1. The fourth-order valence-electron chi connectivity index (χ4n) is 9.54. The number of hydrogen-bond donors (Lipinski definition) is 0. The van der Waals surface area contributed by atoms with Crippen LogP contribution in [0.15, 0.2) is 40.3 Å². The molecule has 214 valence electrons. The topological polar surface area (TPSA) is 73.3 Å². The summed E-state index contributed by atoms with van der Waals surface area (Å²) >= 11 is 3.10. The van der Waals surface area contributed by atoms with Crippen molar-refractivity contribution in [2.45, 2.75) is 95.4 Å². The number of ether oxygens (including phenoxy) is 1. The third-order valence-corrected chi connectivity index (χ3v) is 13.3. The Labute approximate surface area is 245 Å². The van der Waals surface area contributed by atoms with Crippen molar-refractivity contribution in [3.05, 3.63) is 35.9 Å². The van der Waals surface area contributed by atoms with Crippen molar-refractivity contribution in [2.24, 2.45) is 34.5 Å². The van der Waals surface area contributed by atoms with E-state index >= 15 is 0 Å². The highest BCUT2D eigenvalue weighted by Crippen LogP contribution is 2.70. The molecule has 1 aromatic heterocycles. The van der Waals surface area contributed by atoms with Gasteiger partial charge in [-0.25, -0.2) is 4.98 Å². The molecule has 1 heterocycles. The van der Waals surface area contributed by atoms with Gasteiger partial charge in [0.1, 0.15) is 0 Å². The molecule has 0 bridgehead atoms. The number of carbonyl (C=O) groups excluding carboxylic acids is 3. The number of hydrogen-bond acceptors (Lipinski definition) is 7. The van der Waals surface area contributed by atoms with Gasteiger partial charge in [-0.1, -0.05) is 57.2 Å². The normalized spacial score (nSPS) is 36.9. The van der Waals surface area contributed by atoms with Crippen molar-refractivity contribution in [3.8, 4) is 0 Å². The quantitative estimate of drug-likeness (QED) is 0.246. The van der Waals surface area contributed by atoms with Gasteiger partial charge < -0.3 is 4.74 Å². The molecule has 0 amide bonds. The minimum Gasteiger partial charge on any atom is -0.450 e. The number of thioether (sulfide) groups is 1. The van der Waals surface area contributed by atoms with Crippen LogP contribution in [0.25, 0.3) is 10.2 Å². The lowest BCUT2D eigenvalue weighted by Gasteiger charge is -2.61. The molecule has 6 rings (SSSR count). The molecule has 5 nitrogen and oxygen atoms in total. The van der Waals surface area contributed by atoms with Gasteiger partial charge in [0.15, 0.2) is 21.5 Å². The van der Waals surface area contributed by atoms with Crippen molar-refractivity contribution in [2.75, 3.05) is 5.75 Å². The lowest BCUT2D eigenvalue weighted by atomic mass is 9.43. The third kappa shape index (κ3) is 4.33. The van der Waals surface area contributed by atoms with Gasteiger partial charge in [-0.2, -0.15) is 0 Å². The summed E-state index contributed by atoms with van der Waals surface area (Å²) in [5, 5.41) is 0. The molecule has 0 spiro atoms. The van der Waals surface area contributed by atoms with Gasteiger partial charge in [-0.15, -0.1) is 11.3 Å². The lowest BCUT2D eigenvalue weighted by molar-refractivity contribution is -0.193. The number of fused-ring (bicyclic) bond motifs is 6. The molecule has 1 aromatic carbocycles.